The Morgan fingerprint density at radius 1 is 1.10 bits per heavy atom. The number of pyridine rings is 1. The Kier molecular flexibility index (Phi) is 5.22. The van der Waals surface area contributed by atoms with Crippen LogP contribution in [0.2, 0.25) is 0 Å². The molecule has 4 heterocycles. The fourth-order valence-corrected chi connectivity index (χ4v) is 4.69. The molecule has 1 saturated carbocycles. The number of nitrogens with one attached hydrogen (secondary N) is 1. The molecule has 1 N–H and O–H groups in total. The van der Waals surface area contributed by atoms with Crippen LogP contribution in [0.3, 0.4) is 0 Å². The van der Waals surface area contributed by atoms with E-state index in [-0.39, 0.29) is 24.8 Å². The first kappa shape index (κ1) is 16.3. The summed E-state index contributed by atoms with van der Waals surface area (Å²) in [4.78, 5) is 6.92. The molecule has 6 heteroatoms. The van der Waals surface area contributed by atoms with Crippen LogP contribution in [-0.2, 0) is 0 Å². The molecule has 0 aromatic carbocycles. The molecule has 3 nitrogen and oxygen atoms in total. The fraction of sp³-hybridized carbons (Fsp3) is 0.643. The van der Waals surface area contributed by atoms with E-state index in [2.05, 4.69) is 37.2 Å². The van der Waals surface area contributed by atoms with Gasteiger partial charge in [-0.25, -0.2) is 0 Å². The summed E-state index contributed by atoms with van der Waals surface area (Å²) in [7, 11) is 0. The number of hydrogen-bond donors (Lipinski definition) is 1. The molecule has 0 amide bonds. The highest BCUT2D eigenvalue weighted by atomic mass is 79.9. The molecule has 5 rings (SSSR count). The molecule has 20 heavy (non-hydrogen) atoms. The summed E-state index contributed by atoms with van der Waals surface area (Å²) in [6, 6.07) is 2.80. The summed E-state index contributed by atoms with van der Waals surface area (Å²) in [6.45, 7) is 3.95. The van der Waals surface area contributed by atoms with Crippen LogP contribution >= 0.6 is 40.7 Å². The molecule has 1 aromatic heterocycles. The number of rotatable bonds is 2. The third-order valence-electron chi connectivity index (χ3n) is 4.83. The minimum atomic E-state index is 0. The van der Waals surface area contributed by atoms with Crippen molar-refractivity contribution in [3.63, 3.8) is 0 Å². The van der Waals surface area contributed by atoms with Gasteiger partial charge in [-0.2, -0.15) is 0 Å². The topological polar surface area (TPSA) is 28.2 Å². The second-order valence-electron chi connectivity index (χ2n) is 6.14. The van der Waals surface area contributed by atoms with Crippen molar-refractivity contribution in [3.8, 4) is 0 Å². The van der Waals surface area contributed by atoms with Crippen molar-refractivity contribution >= 4 is 46.4 Å². The van der Waals surface area contributed by atoms with Gasteiger partial charge in [-0.1, -0.05) is 0 Å². The highest BCUT2D eigenvalue weighted by Crippen LogP contribution is 2.44. The molecule has 4 fully saturated rings. The van der Waals surface area contributed by atoms with E-state index >= 15 is 0 Å². The third kappa shape index (κ3) is 2.94. The van der Waals surface area contributed by atoms with E-state index in [0.29, 0.717) is 6.04 Å². The highest BCUT2D eigenvalue weighted by molar-refractivity contribution is 9.10. The molecule has 0 radical (unpaired) electrons. The minimum Gasteiger partial charge on any atom is -0.380 e. The van der Waals surface area contributed by atoms with E-state index in [1.807, 2.05) is 12.4 Å². The van der Waals surface area contributed by atoms with E-state index in [4.69, 9.17) is 0 Å². The Labute approximate surface area is 140 Å². The molecular weight excluding hydrogens is 361 g/mol. The van der Waals surface area contributed by atoms with Crippen LogP contribution in [0.25, 0.3) is 0 Å². The van der Waals surface area contributed by atoms with Crippen LogP contribution < -0.4 is 5.32 Å². The van der Waals surface area contributed by atoms with Crippen molar-refractivity contribution in [2.75, 3.05) is 25.0 Å². The maximum absolute atomic E-state index is 4.25. The third-order valence-corrected chi connectivity index (χ3v) is 5.26. The van der Waals surface area contributed by atoms with Gasteiger partial charge in [0.15, 0.2) is 0 Å². The fourth-order valence-electron chi connectivity index (χ4n) is 4.33. The van der Waals surface area contributed by atoms with Crippen LogP contribution in [0.15, 0.2) is 22.9 Å². The van der Waals surface area contributed by atoms with Gasteiger partial charge >= 0.3 is 0 Å². The Balaban J connectivity index is 0.000000735. The average Bonchev–Trinajstić information content (AvgIpc) is 2.33. The van der Waals surface area contributed by atoms with Gasteiger partial charge in [0.2, 0.25) is 0 Å². The lowest BCUT2D eigenvalue weighted by Gasteiger charge is -2.56. The predicted octanol–water partition coefficient (Wildman–Crippen LogP) is 3.44. The normalized spacial score (nSPS) is 37.0. The molecule has 2 unspecified atom stereocenters. The van der Waals surface area contributed by atoms with Crippen LogP contribution in [0.1, 0.15) is 12.8 Å². The molecular formula is C14H20BrCl2N3. The minimum absolute atomic E-state index is 0. The molecule has 0 spiro atoms. The Morgan fingerprint density at radius 2 is 1.80 bits per heavy atom. The number of hydrogen-bond acceptors (Lipinski definition) is 3. The van der Waals surface area contributed by atoms with Crippen LogP contribution in [-0.4, -0.2) is 35.6 Å². The van der Waals surface area contributed by atoms with Crippen molar-refractivity contribution < 1.29 is 0 Å². The summed E-state index contributed by atoms with van der Waals surface area (Å²) in [5.41, 5.74) is 1.16. The molecule has 4 bridgehead atoms. The van der Waals surface area contributed by atoms with Gasteiger partial charge in [-0.05, 0) is 52.6 Å². The SMILES string of the molecule is Brc1cncc(NC2C3CC4CC2CN(C4)C3)c1.Cl.Cl. The summed E-state index contributed by atoms with van der Waals surface area (Å²) in [5, 5.41) is 3.75. The quantitative estimate of drug-likeness (QED) is 0.851. The second kappa shape index (κ2) is 6.39. The van der Waals surface area contributed by atoms with Crippen LogP contribution in [0, 0.1) is 17.8 Å². The maximum Gasteiger partial charge on any atom is 0.0540 e. The first-order valence-corrected chi connectivity index (χ1v) is 7.66. The number of halogens is 3. The smallest absolute Gasteiger partial charge is 0.0540 e. The number of nitrogens with zero attached hydrogens (tertiary/aromatic N) is 2. The first-order chi connectivity index (χ1) is 8.78. The summed E-state index contributed by atoms with van der Waals surface area (Å²) in [6.07, 6.45) is 6.63. The number of anilines is 1. The standard InChI is InChI=1S/C14H18BrN3.2ClH/c15-12-3-13(5-16-4-12)17-14-10-1-9-2-11(14)8-18(6-9)7-10;;/h3-5,9-11,14,17H,1-2,6-8H2;2*1H. The van der Waals surface area contributed by atoms with E-state index in [1.165, 1.54) is 32.5 Å². The van der Waals surface area contributed by atoms with E-state index in [0.717, 1.165) is 27.9 Å². The van der Waals surface area contributed by atoms with Gasteiger partial charge in [0.25, 0.3) is 0 Å². The monoisotopic (exact) mass is 379 g/mol. The van der Waals surface area contributed by atoms with Crippen molar-refractivity contribution in [2.45, 2.75) is 18.9 Å². The van der Waals surface area contributed by atoms with Gasteiger partial charge in [0, 0.05) is 36.3 Å². The van der Waals surface area contributed by atoms with Gasteiger partial charge in [-0.15, -0.1) is 24.8 Å². The van der Waals surface area contributed by atoms with Gasteiger partial charge < -0.3 is 10.2 Å². The van der Waals surface area contributed by atoms with Crippen LogP contribution in [0.4, 0.5) is 5.69 Å². The molecule has 1 aromatic rings. The van der Waals surface area contributed by atoms with E-state index < -0.39 is 0 Å². The van der Waals surface area contributed by atoms with Gasteiger partial charge in [0.05, 0.1) is 11.9 Å². The largest absolute Gasteiger partial charge is 0.380 e. The average molecular weight is 381 g/mol. The lowest BCUT2D eigenvalue weighted by atomic mass is 9.65. The summed E-state index contributed by atoms with van der Waals surface area (Å²) < 4.78 is 1.06. The number of piperidine rings is 3. The molecule has 3 aliphatic heterocycles. The van der Waals surface area contributed by atoms with Crippen LogP contribution in [0.5, 0.6) is 0 Å². The molecule has 2 atom stereocenters. The summed E-state index contributed by atoms with van der Waals surface area (Å²) in [5.74, 6) is 2.66. The molecule has 1 aliphatic carbocycles. The Morgan fingerprint density at radius 3 is 2.40 bits per heavy atom. The van der Waals surface area contributed by atoms with Gasteiger partial charge in [-0.3, -0.25) is 4.98 Å². The Bertz CT molecular complexity index is 443. The zero-order valence-electron chi connectivity index (χ0n) is 11.2. The van der Waals surface area contributed by atoms with Gasteiger partial charge in [0.1, 0.15) is 0 Å². The highest BCUT2D eigenvalue weighted by Gasteiger charge is 2.47. The zero-order chi connectivity index (χ0) is 12.1. The maximum atomic E-state index is 4.25. The molecule has 3 saturated heterocycles. The lowest BCUT2D eigenvalue weighted by molar-refractivity contribution is -0.0269. The van der Waals surface area contributed by atoms with E-state index in [9.17, 15) is 0 Å². The van der Waals surface area contributed by atoms with E-state index in [1.54, 1.807) is 0 Å². The van der Waals surface area contributed by atoms with Crippen molar-refractivity contribution in [1.82, 2.24) is 9.88 Å². The van der Waals surface area contributed by atoms with Crippen molar-refractivity contribution in [2.24, 2.45) is 17.8 Å². The zero-order valence-corrected chi connectivity index (χ0v) is 14.4. The second-order valence-corrected chi connectivity index (χ2v) is 7.05. The van der Waals surface area contributed by atoms with Crippen molar-refractivity contribution in [3.05, 3.63) is 22.9 Å². The first-order valence-electron chi connectivity index (χ1n) is 6.87. The predicted molar refractivity (Wildman–Crippen MR) is 90.0 cm³/mol. The van der Waals surface area contributed by atoms with Crippen molar-refractivity contribution in [1.29, 1.82) is 0 Å². The lowest BCUT2D eigenvalue weighted by Crippen LogP contribution is -2.62. The molecule has 4 aliphatic rings. The molecule has 112 valence electrons. The summed E-state index contributed by atoms with van der Waals surface area (Å²) >= 11 is 3.49. The number of aromatic nitrogens is 1. The Hall–Kier alpha value is -0.0300.